The van der Waals surface area contributed by atoms with Crippen LogP contribution in [0.1, 0.15) is 12.8 Å². The summed E-state index contributed by atoms with van der Waals surface area (Å²) in [6, 6.07) is 0.444. The molecule has 6 N–H and O–H groups in total. The van der Waals surface area contributed by atoms with Crippen LogP contribution >= 0.6 is 0 Å². The molecule has 0 aromatic heterocycles. The average molecular weight is 287 g/mol. The lowest BCUT2D eigenvalue weighted by Gasteiger charge is -2.12. The van der Waals surface area contributed by atoms with Gasteiger partial charge in [0.25, 0.3) is 0 Å². The average Bonchev–Trinajstić information content (AvgIpc) is 3.20. The molecule has 8 heteroatoms. The molecule has 2 rings (SSSR count). The Morgan fingerprint density at radius 1 is 1.45 bits per heavy atom. The number of nitrogens with one attached hydrogen (secondary N) is 1. The van der Waals surface area contributed by atoms with E-state index in [1.807, 2.05) is 0 Å². The van der Waals surface area contributed by atoms with Crippen LogP contribution in [0.5, 0.6) is 0 Å². The first-order valence-corrected chi connectivity index (χ1v) is 6.71. The molecule has 0 radical (unpaired) electrons. The molecule has 2 aliphatic rings. The summed E-state index contributed by atoms with van der Waals surface area (Å²) in [6.07, 6.45) is -0.770. The van der Waals surface area contributed by atoms with Gasteiger partial charge >= 0.3 is 0 Å². The monoisotopic (exact) mass is 287 g/mol. The van der Waals surface area contributed by atoms with Gasteiger partial charge < -0.3 is 31.1 Å². The van der Waals surface area contributed by atoms with E-state index in [1.54, 1.807) is 0 Å². The molecule has 5 atom stereocenters. The number of aliphatic imine (C=N–C) groups is 1. The summed E-state index contributed by atoms with van der Waals surface area (Å²) in [6.45, 7) is -0.0228. The normalized spacial score (nSPS) is 35.5. The summed E-state index contributed by atoms with van der Waals surface area (Å²) >= 11 is 0. The maximum atomic E-state index is 11.3. The van der Waals surface area contributed by atoms with E-state index in [0.29, 0.717) is 12.6 Å². The van der Waals surface area contributed by atoms with Gasteiger partial charge in [-0.2, -0.15) is 0 Å². The first-order chi connectivity index (χ1) is 9.52. The molecule has 1 saturated heterocycles. The van der Waals surface area contributed by atoms with E-state index in [-0.39, 0.29) is 0 Å². The molecule has 1 amide bonds. The van der Waals surface area contributed by atoms with Gasteiger partial charge in [-0.1, -0.05) is 0 Å². The lowest BCUT2D eigenvalue weighted by molar-refractivity contribution is -0.119. The number of aliphatic hydroxyl groups is 3. The van der Waals surface area contributed by atoms with E-state index in [4.69, 9.17) is 15.6 Å². The quantitative estimate of drug-likeness (QED) is 0.324. The molecule has 1 saturated carbocycles. The highest BCUT2D eigenvalue weighted by molar-refractivity contribution is 5.92. The van der Waals surface area contributed by atoms with Crippen molar-refractivity contribution in [3.05, 3.63) is 0 Å². The number of ether oxygens (including phenoxy) is 1. The Bertz CT molecular complexity index is 374. The molecule has 0 aromatic carbocycles. The second kappa shape index (κ2) is 6.59. The van der Waals surface area contributed by atoms with Crippen molar-refractivity contribution in [3.63, 3.8) is 0 Å². The summed E-state index contributed by atoms with van der Waals surface area (Å²) in [5.74, 6) is -1.12. The van der Waals surface area contributed by atoms with Gasteiger partial charge in [0, 0.05) is 18.8 Å². The number of rotatable bonds is 7. The van der Waals surface area contributed by atoms with Gasteiger partial charge in [-0.05, 0) is 12.8 Å². The topological polar surface area (TPSA) is 137 Å². The summed E-state index contributed by atoms with van der Waals surface area (Å²) in [4.78, 5) is 15.3. The summed E-state index contributed by atoms with van der Waals surface area (Å²) in [7, 11) is 0. The number of nitrogens with two attached hydrogens (primary N) is 1. The molecule has 114 valence electrons. The zero-order valence-electron chi connectivity index (χ0n) is 11.1. The highest BCUT2D eigenvalue weighted by atomic mass is 16.6. The predicted molar refractivity (Wildman–Crippen MR) is 70.0 cm³/mol. The van der Waals surface area contributed by atoms with E-state index in [9.17, 15) is 15.0 Å². The number of hydrogen-bond acceptors (Lipinski definition) is 7. The third-order valence-electron chi connectivity index (χ3n) is 3.50. The molecule has 2 fully saturated rings. The summed E-state index contributed by atoms with van der Waals surface area (Å²) in [5.41, 5.74) is 5.28. The van der Waals surface area contributed by atoms with Gasteiger partial charge in [0.15, 0.2) is 6.23 Å². The molecule has 20 heavy (non-hydrogen) atoms. The van der Waals surface area contributed by atoms with Crippen LogP contribution in [0.25, 0.3) is 0 Å². The zero-order valence-corrected chi connectivity index (χ0v) is 11.1. The molecular formula is C12H21N3O5. The minimum absolute atomic E-state index is 0.387. The second-order valence-electron chi connectivity index (χ2n) is 5.22. The van der Waals surface area contributed by atoms with Crippen LogP contribution in [-0.2, 0) is 9.53 Å². The largest absolute Gasteiger partial charge is 0.394 e. The van der Waals surface area contributed by atoms with Crippen molar-refractivity contribution in [1.82, 2.24) is 5.32 Å². The fourth-order valence-electron chi connectivity index (χ4n) is 2.00. The van der Waals surface area contributed by atoms with E-state index in [1.165, 1.54) is 6.21 Å². The lowest BCUT2D eigenvalue weighted by Crippen LogP contribution is -2.36. The van der Waals surface area contributed by atoms with Gasteiger partial charge in [0.2, 0.25) is 5.91 Å². The third-order valence-corrected chi connectivity index (χ3v) is 3.50. The third kappa shape index (κ3) is 3.74. The number of carbonyl (C=O) groups is 1. The molecule has 8 nitrogen and oxygen atoms in total. The maximum absolute atomic E-state index is 11.3. The van der Waals surface area contributed by atoms with Gasteiger partial charge in [-0.3, -0.25) is 9.79 Å². The van der Waals surface area contributed by atoms with Gasteiger partial charge in [-0.15, -0.1) is 0 Å². The molecule has 1 aliphatic heterocycles. The Labute approximate surface area is 116 Å². The van der Waals surface area contributed by atoms with Crippen LogP contribution < -0.4 is 11.1 Å². The second-order valence-corrected chi connectivity index (χ2v) is 5.22. The first-order valence-electron chi connectivity index (χ1n) is 6.71. The van der Waals surface area contributed by atoms with E-state index in [2.05, 4.69) is 10.3 Å². The van der Waals surface area contributed by atoms with E-state index in [0.717, 1.165) is 12.8 Å². The minimum atomic E-state index is -1.23. The highest BCUT2D eigenvalue weighted by Gasteiger charge is 2.42. The standard InChI is InChI=1S/C12H21N3O5/c13-11(19)6(3-14-7-1-2-7)4-15-12-10(18)9(17)8(5-16)20-12/h4,6-10,12,14,16-18H,1-3,5H2,(H2,13,19). The van der Waals surface area contributed by atoms with Gasteiger partial charge in [0.05, 0.1) is 12.5 Å². The molecule has 5 unspecified atom stereocenters. The Hall–Kier alpha value is -1.06. The molecule has 0 aromatic rings. The molecular weight excluding hydrogens is 266 g/mol. The lowest BCUT2D eigenvalue weighted by atomic mass is 10.1. The van der Waals surface area contributed by atoms with Crippen LogP contribution in [0, 0.1) is 5.92 Å². The number of nitrogens with zero attached hydrogens (tertiary/aromatic N) is 1. The van der Waals surface area contributed by atoms with Crippen LogP contribution in [0.15, 0.2) is 4.99 Å². The van der Waals surface area contributed by atoms with Gasteiger partial charge in [0.1, 0.15) is 18.3 Å². The summed E-state index contributed by atoms with van der Waals surface area (Å²) < 4.78 is 5.18. The van der Waals surface area contributed by atoms with Crippen LogP contribution in [0.3, 0.4) is 0 Å². The number of aliphatic hydroxyl groups excluding tert-OH is 3. The van der Waals surface area contributed by atoms with E-state index >= 15 is 0 Å². The van der Waals surface area contributed by atoms with Crippen molar-refractivity contribution in [2.24, 2.45) is 16.6 Å². The van der Waals surface area contributed by atoms with Crippen LogP contribution in [-0.4, -0.2) is 71.2 Å². The highest BCUT2D eigenvalue weighted by Crippen LogP contribution is 2.22. The Morgan fingerprint density at radius 3 is 2.65 bits per heavy atom. The molecule has 0 bridgehead atoms. The van der Waals surface area contributed by atoms with Crippen molar-refractivity contribution in [3.8, 4) is 0 Å². The first kappa shape index (κ1) is 15.3. The number of carbonyl (C=O) groups excluding carboxylic acids is 1. The number of hydrogen-bond donors (Lipinski definition) is 5. The van der Waals surface area contributed by atoms with E-state index < -0.39 is 43.0 Å². The molecule has 0 spiro atoms. The Morgan fingerprint density at radius 2 is 2.15 bits per heavy atom. The van der Waals surface area contributed by atoms with Crippen LogP contribution in [0.2, 0.25) is 0 Å². The summed E-state index contributed by atoms with van der Waals surface area (Å²) in [5, 5.41) is 31.4. The van der Waals surface area contributed by atoms with Crippen molar-refractivity contribution in [1.29, 1.82) is 0 Å². The fourth-order valence-corrected chi connectivity index (χ4v) is 2.00. The molecule has 1 heterocycles. The van der Waals surface area contributed by atoms with Crippen molar-refractivity contribution in [2.45, 2.75) is 43.4 Å². The number of amides is 1. The predicted octanol–water partition coefficient (Wildman–Crippen LogP) is -2.65. The maximum Gasteiger partial charge on any atom is 0.227 e. The van der Waals surface area contributed by atoms with Crippen molar-refractivity contribution in [2.75, 3.05) is 13.2 Å². The SMILES string of the molecule is NC(=O)C(C=NC1OC(CO)C(O)C1O)CNC1CC1. The fraction of sp³-hybridized carbons (Fsp3) is 0.833. The van der Waals surface area contributed by atoms with Crippen LogP contribution in [0.4, 0.5) is 0 Å². The smallest absolute Gasteiger partial charge is 0.227 e. The number of primary amides is 1. The van der Waals surface area contributed by atoms with Gasteiger partial charge in [-0.25, -0.2) is 0 Å². The van der Waals surface area contributed by atoms with Crippen molar-refractivity contribution < 1.29 is 24.9 Å². The zero-order chi connectivity index (χ0) is 14.7. The van der Waals surface area contributed by atoms with Crippen molar-refractivity contribution >= 4 is 12.1 Å². The minimum Gasteiger partial charge on any atom is -0.394 e. The molecule has 1 aliphatic carbocycles. The Kier molecular flexibility index (Phi) is 5.06. The Balaban J connectivity index is 1.89.